The third-order valence-corrected chi connectivity index (χ3v) is 3.51. The summed E-state index contributed by atoms with van der Waals surface area (Å²) in [6.45, 7) is 2.42. The molecule has 0 saturated heterocycles. The van der Waals surface area contributed by atoms with Gasteiger partial charge in [-0.3, -0.25) is 0 Å². The molecule has 0 saturated carbocycles. The van der Waals surface area contributed by atoms with E-state index in [1.165, 1.54) is 0 Å². The molecule has 4 heteroatoms. The summed E-state index contributed by atoms with van der Waals surface area (Å²) in [4.78, 5) is 0. The first kappa shape index (κ1) is 14.3. The number of benzene rings is 2. The van der Waals surface area contributed by atoms with Crippen LogP contribution < -0.4 is 5.32 Å². The van der Waals surface area contributed by atoms with Crippen molar-refractivity contribution in [1.29, 1.82) is 0 Å². The molecule has 0 bridgehead atoms. The van der Waals surface area contributed by atoms with E-state index in [-0.39, 0.29) is 16.9 Å². The fraction of sp³-hybridized carbons (Fsp3) is 0.200. The summed E-state index contributed by atoms with van der Waals surface area (Å²) in [5.41, 5.74) is 1.62. The smallest absolute Gasteiger partial charge is 0.146 e. The minimum absolute atomic E-state index is 0.0806. The monoisotopic (exact) mass is 297 g/mol. The number of rotatable bonds is 4. The normalized spacial score (nSPS) is 12.4. The van der Waals surface area contributed by atoms with Crippen molar-refractivity contribution in [2.75, 3.05) is 0 Å². The highest BCUT2D eigenvalue weighted by Crippen LogP contribution is 2.20. The molecular weight excluding hydrogens is 284 g/mol. The molecule has 0 aliphatic rings. The number of nitrogens with one attached hydrogen (secondary N) is 1. The first-order valence-electron chi connectivity index (χ1n) is 5.99. The number of hydrogen-bond acceptors (Lipinski definition) is 1. The summed E-state index contributed by atoms with van der Waals surface area (Å²) >= 11 is 11.7. The van der Waals surface area contributed by atoms with Crippen molar-refractivity contribution in [3.63, 3.8) is 0 Å². The van der Waals surface area contributed by atoms with E-state index >= 15 is 0 Å². The molecule has 2 rings (SSSR count). The second-order valence-electron chi connectivity index (χ2n) is 4.37. The average Bonchev–Trinajstić information content (AvgIpc) is 2.40. The Morgan fingerprint density at radius 2 is 1.89 bits per heavy atom. The van der Waals surface area contributed by atoms with Gasteiger partial charge in [0.2, 0.25) is 0 Å². The highest BCUT2D eigenvalue weighted by molar-refractivity contribution is 6.31. The Bertz CT molecular complexity index is 572. The van der Waals surface area contributed by atoms with Crippen LogP contribution in [-0.4, -0.2) is 0 Å². The van der Waals surface area contributed by atoms with Crippen molar-refractivity contribution in [1.82, 2.24) is 5.32 Å². The molecule has 1 nitrogen and oxygen atoms in total. The van der Waals surface area contributed by atoms with Gasteiger partial charge in [0.05, 0.1) is 5.02 Å². The van der Waals surface area contributed by atoms with Crippen LogP contribution in [0.5, 0.6) is 0 Å². The second kappa shape index (κ2) is 6.38. The topological polar surface area (TPSA) is 12.0 Å². The third kappa shape index (κ3) is 3.69. The lowest BCUT2D eigenvalue weighted by molar-refractivity contribution is 0.544. The number of halogens is 3. The van der Waals surface area contributed by atoms with Crippen LogP contribution in [0.25, 0.3) is 0 Å². The molecule has 0 aliphatic heterocycles. The van der Waals surface area contributed by atoms with Gasteiger partial charge in [-0.15, -0.1) is 0 Å². The number of hydrogen-bond donors (Lipinski definition) is 1. The zero-order chi connectivity index (χ0) is 13.8. The highest BCUT2D eigenvalue weighted by atomic mass is 35.5. The lowest BCUT2D eigenvalue weighted by Crippen LogP contribution is -2.18. The van der Waals surface area contributed by atoms with Gasteiger partial charge in [-0.25, -0.2) is 4.39 Å². The molecule has 1 atom stereocenters. The molecule has 2 aromatic carbocycles. The zero-order valence-electron chi connectivity index (χ0n) is 10.5. The van der Waals surface area contributed by atoms with Crippen LogP contribution in [0.3, 0.4) is 0 Å². The lowest BCUT2D eigenvalue weighted by Gasteiger charge is -2.15. The molecule has 1 unspecified atom stereocenters. The SMILES string of the molecule is CC(NCc1cccc(Cl)c1F)c1cccc(Cl)c1. The van der Waals surface area contributed by atoms with Gasteiger partial charge in [0.15, 0.2) is 0 Å². The van der Waals surface area contributed by atoms with E-state index in [4.69, 9.17) is 23.2 Å². The Morgan fingerprint density at radius 3 is 2.63 bits per heavy atom. The first-order valence-corrected chi connectivity index (χ1v) is 6.75. The molecule has 0 amide bonds. The van der Waals surface area contributed by atoms with Gasteiger partial charge >= 0.3 is 0 Å². The van der Waals surface area contributed by atoms with Gasteiger partial charge in [0.25, 0.3) is 0 Å². The van der Waals surface area contributed by atoms with E-state index in [0.717, 1.165) is 5.56 Å². The van der Waals surface area contributed by atoms with Crippen LogP contribution in [0.4, 0.5) is 4.39 Å². The van der Waals surface area contributed by atoms with Crippen molar-refractivity contribution in [2.24, 2.45) is 0 Å². The summed E-state index contributed by atoms with van der Waals surface area (Å²) in [6.07, 6.45) is 0. The van der Waals surface area contributed by atoms with Crippen LogP contribution >= 0.6 is 23.2 Å². The van der Waals surface area contributed by atoms with Crippen molar-refractivity contribution < 1.29 is 4.39 Å². The minimum atomic E-state index is -0.366. The highest BCUT2D eigenvalue weighted by Gasteiger charge is 2.09. The summed E-state index contributed by atoms with van der Waals surface area (Å²) < 4.78 is 13.7. The van der Waals surface area contributed by atoms with E-state index in [9.17, 15) is 4.39 Å². The Kier molecular flexibility index (Phi) is 4.81. The maximum Gasteiger partial charge on any atom is 0.146 e. The summed E-state index contributed by atoms with van der Waals surface area (Å²) in [5.74, 6) is -0.366. The van der Waals surface area contributed by atoms with Crippen LogP contribution in [0.15, 0.2) is 42.5 Å². The molecule has 0 fully saturated rings. The van der Waals surface area contributed by atoms with Crippen LogP contribution in [0, 0.1) is 5.82 Å². The summed E-state index contributed by atoms with van der Waals surface area (Å²) in [7, 11) is 0. The lowest BCUT2D eigenvalue weighted by atomic mass is 10.1. The molecule has 0 aromatic heterocycles. The largest absolute Gasteiger partial charge is 0.306 e. The second-order valence-corrected chi connectivity index (χ2v) is 5.21. The van der Waals surface area contributed by atoms with E-state index in [1.807, 2.05) is 31.2 Å². The molecule has 1 N–H and O–H groups in total. The Labute approximate surface area is 122 Å². The molecule has 2 aromatic rings. The van der Waals surface area contributed by atoms with E-state index < -0.39 is 0 Å². The van der Waals surface area contributed by atoms with E-state index in [1.54, 1.807) is 18.2 Å². The maximum absolute atomic E-state index is 13.7. The fourth-order valence-corrected chi connectivity index (χ4v) is 2.23. The fourth-order valence-electron chi connectivity index (χ4n) is 1.84. The quantitative estimate of drug-likeness (QED) is 0.839. The molecule has 0 aliphatic carbocycles. The van der Waals surface area contributed by atoms with Gasteiger partial charge < -0.3 is 5.32 Å². The molecule has 0 heterocycles. The average molecular weight is 298 g/mol. The van der Waals surface area contributed by atoms with Crippen molar-refractivity contribution in [2.45, 2.75) is 19.5 Å². The third-order valence-electron chi connectivity index (χ3n) is 2.98. The molecule has 19 heavy (non-hydrogen) atoms. The first-order chi connectivity index (χ1) is 9.08. The molecule has 0 radical (unpaired) electrons. The van der Waals surface area contributed by atoms with Crippen LogP contribution in [0.2, 0.25) is 10.0 Å². The summed E-state index contributed by atoms with van der Waals surface area (Å²) in [5, 5.41) is 4.10. The maximum atomic E-state index is 13.7. The Morgan fingerprint density at radius 1 is 1.16 bits per heavy atom. The van der Waals surface area contributed by atoms with Gasteiger partial charge in [-0.05, 0) is 30.7 Å². The van der Waals surface area contributed by atoms with Gasteiger partial charge in [-0.1, -0.05) is 47.5 Å². The Hall–Kier alpha value is -1.09. The molecule has 0 spiro atoms. The standard InChI is InChI=1S/C15H14Cl2FN/c1-10(11-4-2-6-13(16)8-11)19-9-12-5-3-7-14(17)15(12)18/h2-8,10,19H,9H2,1H3. The van der Waals surface area contributed by atoms with Gasteiger partial charge in [0, 0.05) is 23.2 Å². The summed E-state index contributed by atoms with van der Waals surface area (Å²) in [6, 6.07) is 12.7. The van der Waals surface area contributed by atoms with Crippen molar-refractivity contribution >= 4 is 23.2 Å². The van der Waals surface area contributed by atoms with Crippen molar-refractivity contribution in [3.8, 4) is 0 Å². The predicted octanol–water partition coefficient (Wildman–Crippen LogP) is 4.98. The predicted molar refractivity (Wildman–Crippen MR) is 78.1 cm³/mol. The van der Waals surface area contributed by atoms with Crippen LogP contribution in [0.1, 0.15) is 24.1 Å². The van der Waals surface area contributed by atoms with Gasteiger partial charge in [0.1, 0.15) is 5.82 Å². The van der Waals surface area contributed by atoms with Crippen molar-refractivity contribution in [3.05, 3.63) is 69.5 Å². The molecule has 100 valence electrons. The zero-order valence-corrected chi connectivity index (χ0v) is 12.0. The van der Waals surface area contributed by atoms with E-state index in [0.29, 0.717) is 17.1 Å². The van der Waals surface area contributed by atoms with E-state index in [2.05, 4.69) is 5.32 Å². The minimum Gasteiger partial charge on any atom is -0.306 e. The Balaban J connectivity index is 2.04. The molecular formula is C15H14Cl2FN. The van der Waals surface area contributed by atoms with Gasteiger partial charge in [-0.2, -0.15) is 0 Å². The van der Waals surface area contributed by atoms with Crippen LogP contribution in [-0.2, 0) is 6.54 Å².